The molecule has 0 radical (unpaired) electrons. The summed E-state index contributed by atoms with van der Waals surface area (Å²) in [6, 6.07) is 2.12. The van der Waals surface area contributed by atoms with E-state index in [1.54, 1.807) is 18.4 Å². The third kappa shape index (κ3) is 2.55. The van der Waals surface area contributed by atoms with Crippen molar-refractivity contribution in [3.05, 3.63) is 20.8 Å². The van der Waals surface area contributed by atoms with Gasteiger partial charge in [-0.15, -0.1) is 11.3 Å². The summed E-state index contributed by atoms with van der Waals surface area (Å²) in [7, 11) is 1.69. The second-order valence-electron chi connectivity index (χ2n) is 2.52. The number of nitrogens with two attached hydrogens (primary N) is 1. The van der Waals surface area contributed by atoms with Crippen molar-refractivity contribution < 1.29 is 4.74 Å². The van der Waals surface area contributed by atoms with Crippen LogP contribution in [0.25, 0.3) is 0 Å². The first kappa shape index (κ1) is 10.2. The SMILES string of the molecule is COCCC(N)c1sccc1Br. The molecule has 12 heavy (non-hydrogen) atoms. The van der Waals surface area contributed by atoms with Crippen molar-refractivity contribution in [2.75, 3.05) is 13.7 Å². The maximum Gasteiger partial charge on any atom is 0.0480 e. The topological polar surface area (TPSA) is 35.2 Å². The highest BCUT2D eigenvalue weighted by molar-refractivity contribution is 9.10. The minimum absolute atomic E-state index is 0.0966. The largest absolute Gasteiger partial charge is 0.385 e. The van der Waals surface area contributed by atoms with E-state index in [1.165, 1.54) is 4.88 Å². The number of hydrogen-bond donors (Lipinski definition) is 1. The normalized spacial score (nSPS) is 13.2. The van der Waals surface area contributed by atoms with Crippen LogP contribution in [0.4, 0.5) is 0 Å². The highest BCUT2D eigenvalue weighted by Crippen LogP contribution is 2.29. The Morgan fingerprint density at radius 3 is 3.00 bits per heavy atom. The summed E-state index contributed by atoms with van der Waals surface area (Å²) >= 11 is 5.13. The summed E-state index contributed by atoms with van der Waals surface area (Å²) in [6.07, 6.45) is 0.871. The molecule has 1 unspecified atom stereocenters. The van der Waals surface area contributed by atoms with Crippen LogP contribution in [0.3, 0.4) is 0 Å². The van der Waals surface area contributed by atoms with Gasteiger partial charge in [-0.2, -0.15) is 0 Å². The standard InChI is InChI=1S/C8H12BrNOS/c1-11-4-2-7(10)8-6(9)3-5-12-8/h3,5,7H,2,4,10H2,1H3. The fourth-order valence-corrected chi connectivity index (χ4v) is 2.65. The highest BCUT2D eigenvalue weighted by Gasteiger charge is 2.10. The molecule has 1 rings (SSSR count). The highest BCUT2D eigenvalue weighted by atomic mass is 79.9. The van der Waals surface area contributed by atoms with Crippen LogP contribution >= 0.6 is 27.3 Å². The second-order valence-corrected chi connectivity index (χ2v) is 4.32. The van der Waals surface area contributed by atoms with E-state index in [0.29, 0.717) is 6.61 Å². The minimum atomic E-state index is 0.0966. The maximum absolute atomic E-state index is 5.93. The zero-order valence-electron chi connectivity index (χ0n) is 6.92. The molecule has 0 aliphatic rings. The van der Waals surface area contributed by atoms with Crippen molar-refractivity contribution in [2.45, 2.75) is 12.5 Å². The van der Waals surface area contributed by atoms with Crippen LogP contribution in [0.1, 0.15) is 17.3 Å². The van der Waals surface area contributed by atoms with Crippen molar-refractivity contribution in [2.24, 2.45) is 5.73 Å². The summed E-state index contributed by atoms with van der Waals surface area (Å²) in [5, 5.41) is 2.03. The molecule has 1 aromatic rings. The van der Waals surface area contributed by atoms with Gasteiger partial charge in [-0.05, 0) is 33.8 Å². The van der Waals surface area contributed by atoms with E-state index in [4.69, 9.17) is 10.5 Å². The van der Waals surface area contributed by atoms with Crippen LogP contribution in [0.15, 0.2) is 15.9 Å². The molecule has 1 heterocycles. The Bertz CT molecular complexity index is 239. The molecule has 1 aromatic heterocycles. The summed E-state index contributed by atoms with van der Waals surface area (Å²) in [5.74, 6) is 0. The molecule has 0 aromatic carbocycles. The fraction of sp³-hybridized carbons (Fsp3) is 0.500. The maximum atomic E-state index is 5.93. The second kappa shape index (κ2) is 4.97. The number of thiophene rings is 1. The Morgan fingerprint density at radius 2 is 2.50 bits per heavy atom. The molecular weight excluding hydrogens is 238 g/mol. The van der Waals surface area contributed by atoms with Crippen molar-refractivity contribution in [3.8, 4) is 0 Å². The lowest BCUT2D eigenvalue weighted by Crippen LogP contribution is -2.11. The fourth-order valence-electron chi connectivity index (χ4n) is 0.946. The van der Waals surface area contributed by atoms with Crippen molar-refractivity contribution >= 4 is 27.3 Å². The van der Waals surface area contributed by atoms with E-state index in [1.807, 2.05) is 11.4 Å². The Kier molecular flexibility index (Phi) is 4.21. The van der Waals surface area contributed by atoms with Crippen LogP contribution in [0.5, 0.6) is 0 Å². The van der Waals surface area contributed by atoms with Gasteiger partial charge in [0.2, 0.25) is 0 Å². The van der Waals surface area contributed by atoms with Gasteiger partial charge in [0.25, 0.3) is 0 Å². The monoisotopic (exact) mass is 249 g/mol. The average Bonchev–Trinajstić information content (AvgIpc) is 2.47. The van der Waals surface area contributed by atoms with E-state index >= 15 is 0 Å². The first-order chi connectivity index (χ1) is 5.75. The molecular formula is C8H12BrNOS. The molecule has 0 aliphatic heterocycles. The molecule has 0 fully saturated rings. The number of methoxy groups -OCH3 is 1. The van der Waals surface area contributed by atoms with Gasteiger partial charge in [-0.3, -0.25) is 0 Å². The zero-order valence-corrected chi connectivity index (χ0v) is 9.32. The third-order valence-corrected chi connectivity index (χ3v) is 3.62. The molecule has 0 aliphatic carbocycles. The van der Waals surface area contributed by atoms with E-state index in [9.17, 15) is 0 Å². The van der Waals surface area contributed by atoms with Crippen LogP contribution < -0.4 is 5.73 Å². The van der Waals surface area contributed by atoms with E-state index < -0.39 is 0 Å². The Labute approximate surface area is 84.9 Å². The summed E-state index contributed by atoms with van der Waals surface area (Å²) < 4.78 is 6.07. The Hall–Kier alpha value is 0.100. The quantitative estimate of drug-likeness (QED) is 0.891. The van der Waals surface area contributed by atoms with Gasteiger partial charge in [0, 0.05) is 29.1 Å². The van der Waals surface area contributed by atoms with Crippen molar-refractivity contribution in [3.63, 3.8) is 0 Å². The lowest BCUT2D eigenvalue weighted by Gasteiger charge is -2.08. The predicted octanol–water partition coefficient (Wildman–Crippen LogP) is 2.55. The zero-order chi connectivity index (χ0) is 8.97. The average molecular weight is 250 g/mol. The van der Waals surface area contributed by atoms with Crippen LogP contribution in [0, 0.1) is 0 Å². The number of rotatable bonds is 4. The number of hydrogen-bond acceptors (Lipinski definition) is 3. The lowest BCUT2D eigenvalue weighted by molar-refractivity contribution is 0.188. The Balaban J connectivity index is 2.52. The first-order valence-corrected chi connectivity index (χ1v) is 5.40. The molecule has 0 saturated carbocycles. The van der Waals surface area contributed by atoms with Gasteiger partial charge in [-0.1, -0.05) is 0 Å². The Morgan fingerprint density at radius 1 is 1.75 bits per heavy atom. The third-order valence-electron chi connectivity index (χ3n) is 1.61. The van der Waals surface area contributed by atoms with Gasteiger partial charge < -0.3 is 10.5 Å². The molecule has 0 amide bonds. The van der Waals surface area contributed by atoms with Gasteiger partial charge in [0.15, 0.2) is 0 Å². The smallest absolute Gasteiger partial charge is 0.0480 e. The molecule has 2 nitrogen and oxygen atoms in total. The van der Waals surface area contributed by atoms with Crippen molar-refractivity contribution in [1.29, 1.82) is 0 Å². The lowest BCUT2D eigenvalue weighted by atomic mass is 10.2. The van der Waals surface area contributed by atoms with Crippen LogP contribution in [-0.2, 0) is 4.74 Å². The molecule has 0 spiro atoms. The summed E-state index contributed by atoms with van der Waals surface area (Å²) in [6.45, 7) is 0.714. The number of ether oxygens (including phenoxy) is 1. The van der Waals surface area contributed by atoms with E-state index in [2.05, 4.69) is 15.9 Å². The van der Waals surface area contributed by atoms with Crippen LogP contribution in [-0.4, -0.2) is 13.7 Å². The molecule has 4 heteroatoms. The van der Waals surface area contributed by atoms with E-state index in [-0.39, 0.29) is 6.04 Å². The van der Waals surface area contributed by atoms with Gasteiger partial charge in [0.1, 0.15) is 0 Å². The molecule has 0 bridgehead atoms. The molecule has 2 N–H and O–H groups in total. The molecule has 1 atom stereocenters. The summed E-state index contributed by atoms with van der Waals surface area (Å²) in [4.78, 5) is 1.20. The van der Waals surface area contributed by atoms with Gasteiger partial charge in [-0.25, -0.2) is 0 Å². The summed E-state index contributed by atoms with van der Waals surface area (Å²) in [5.41, 5.74) is 5.93. The minimum Gasteiger partial charge on any atom is -0.385 e. The predicted molar refractivity (Wildman–Crippen MR) is 55.4 cm³/mol. The molecule has 68 valence electrons. The number of halogens is 1. The van der Waals surface area contributed by atoms with Gasteiger partial charge >= 0.3 is 0 Å². The van der Waals surface area contributed by atoms with Crippen LogP contribution in [0.2, 0.25) is 0 Å². The first-order valence-electron chi connectivity index (χ1n) is 3.73. The van der Waals surface area contributed by atoms with Crippen molar-refractivity contribution in [1.82, 2.24) is 0 Å². The van der Waals surface area contributed by atoms with E-state index in [0.717, 1.165) is 10.9 Å². The molecule has 0 saturated heterocycles. The van der Waals surface area contributed by atoms with Gasteiger partial charge in [0.05, 0.1) is 0 Å².